The van der Waals surface area contributed by atoms with Gasteiger partial charge in [0.1, 0.15) is 12.4 Å². The van der Waals surface area contributed by atoms with Crippen molar-refractivity contribution in [2.75, 3.05) is 13.2 Å². The van der Waals surface area contributed by atoms with Gasteiger partial charge >= 0.3 is 0 Å². The molecule has 0 saturated carbocycles. The smallest absolute Gasteiger partial charge is 0.265 e. The summed E-state index contributed by atoms with van der Waals surface area (Å²) in [4.78, 5) is 37.5. The van der Waals surface area contributed by atoms with Crippen molar-refractivity contribution >= 4 is 5.91 Å². The predicted octanol–water partition coefficient (Wildman–Crippen LogP) is 0.883. The second-order valence-electron chi connectivity index (χ2n) is 6.27. The van der Waals surface area contributed by atoms with Crippen molar-refractivity contribution in [3.63, 3.8) is 0 Å². The van der Waals surface area contributed by atoms with Gasteiger partial charge in [0.05, 0.1) is 6.10 Å². The zero-order valence-corrected chi connectivity index (χ0v) is 14.2. The van der Waals surface area contributed by atoms with Crippen molar-refractivity contribution in [1.29, 1.82) is 0 Å². The minimum Gasteiger partial charge on any atom is -0.376 e. The molecule has 1 aromatic carbocycles. The van der Waals surface area contributed by atoms with Crippen molar-refractivity contribution < 1.29 is 13.9 Å². The van der Waals surface area contributed by atoms with Gasteiger partial charge in [0, 0.05) is 31.8 Å². The number of hydrogen-bond acceptors (Lipinski definition) is 4. The number of ether oxygens (including phenoxy) is 1. The first-order chi connectivity index (χ1) is 12.5. The Morgan fingerprint density at radius 2 is 2.00 bits per heavy atom. The van der Waals surface area contributed by atoms with Crippen molar-refractivity contribution in [2.24, 2.45) is 0 Å². The number of carbonyl (C=O) groups excluding carboxylic acids is 1. The van der Waals surface area contributed by atoms with Gasteiger partial charge in [-0.3, -0.25) is 19.5 Å². The van der Waals surface area contributed by atoms with E-state index >= 15 is 0 Å². The molecule has 1 fully saturated rings. The van der Waals surface area contributed by atoms with Crippen LogP contribution < -0.4 is 11.1 Å². The number of amides is 1. The molecule has 1 atom stereocenters. The molecule has 0 aliphatic carbocycles. The van der Waals surface area contributed by atoms with E-state index in [9.17, 15) is 18.8 Å². The average Bonchev–Trinajstić information content (AvgIpc) is 3.12. The largest absolute Gasteiger partial charge is 0.376 e. The zero-order chi connectivity index (χ0) is 18.5. The fraction of sp³-hybridized carbons (Fsp3) is 0.389. The third-order valence-corrected chi connectivity index (χ3v) is 4.27. The van der Waals surface area contributed by atoms with E-state index in [1.54, 1.807) is 17.0 Å². The summed E-state index contributed by atoms with van der Waals surface area (Å²) in [5.74, 6) is -0.673. The zero-order valence-electron chi connectivity index (χ0n) is 14.2. The Hall–Kier alpha value is -2.74. The number of rotatable bonds is 6. The molecular formula is C18H20FN3O4. The molecule has 1 N–H and O–H groups in total. The molecule has 1 aliphatic rings. The molecule has 138 valence electrons. The summed E-state index contributed by atoms with van der Waals surface area (Å²) in [6.45, 7) is 1.03. The van der Waals surface area contributed by atoms with Gasteiger partial charge in [-0.15, -0.1) is 0 Å². The molecule has 1 aliphatic heterocycles. The summed E-state index contributed by atoms with van der Waals surface area (Å²) in [6.07, 6.45) is 1.73. The van der Waals surface area contributed by atoms with Crippen LogP contribution in [-0.4, -0.2) is 39.8 Å². The summed E-state index contributed by atoms with van der Waals surface area (Å²) in [5.41, 5.74) is -0.148. The summed E-state index contributed by atoms with van der Waals surface area (Å²) in [7, 11) is 0. The molecule has 2 aromatic rings. The van der Waals surface area contributed by atoms with E-state index in [0.29, 0.717) is 13.2 Å². The molecule has 1 unspecified atom stereocenters. The van der Waals surface area contributed by atoms with E-state index in [0.717, 1.165) is 35.2 Å². The average molecular weight is 361 g/mol. The maximum absolute atomic E-state index is 13.1. The van der Waals surface area contributed by atoms with Crippen molar-refractivity contribution in [3.8, 4) is 0 Å². The fourth-order valence-corrected chi connectivity index (χ4v) is 2.91. The number of nitrogens with zero attached hydrogens (tertiary/aromatic N) is 2. The number of carbonyl (C=O) groups is 1. The Bertz CT molecular complexity index is 869. The topological polar surface area (TPSA) is 84.4 Å². The highest BCUT2D eigenvalue weighted by Gasteiger charge is 2.23. The number of hydrogen-bond donors (Lipinski definition) is 1. The van der Waals surface area contributed by atoms with E-state index in [1.807, 2.05) is 0 Å². The van der Waals surface area contributed by atoms with E-state index in [2.05, 4.69) is 5.10 Å². The van der Waals surface area contributed by atoms with E-state index in [4.69, 9.17) is 4.74 Å². The van der Waals surface area contributed by atoms with Gasteiger partial charge in [-0.2, -0.15) is 0 Å². The molecular weight excluding hydrogens is 341 g/mol. The van der Waals surface area contributed by atoms with Crippen molar-refractivity contribution in [2.45, 2.75) is 32.0 Å². The Morgan fingerprint density at radius 1 is 1.23 bits per heavy atom. The first-order valence-electron chi connectivity index (χ1n) is 8.45. The van der Waals surface area contributed by atoms with Crippen molar-refractivity contribution in [3.05, 3.63) is 68.5 Å². The number of H-pyrrole nitrogens is 1. The lowest BCUT2D eigenvalue weighted by Crippen LogP contribution is -2.41. The Kier molecular flexibility index (Phi) is 5.62. The Balaban J connectivity index is 1.77. The molecule has 26 heavy (non-hydrogen) atoms. The number of aromatic amines is 1. The van der Waals surface area contributed by atoms with E-state index in [-0.39, 0.29) is 30.9 Å². The van der Waals surface area contributed by atoms with Crippen LogP contribution in [0.3, 0.4) is 0 Å². The lowest BCUT2D eigenvalue weighted by atomic mass is 10.1. The molecule has 1 aromatic heterocycles. The number of benzene rings is 1. The van der Waals surface area contributed by atoms with Gasteiger partial charge in [0.2, 0.25) is 5.91 Å². The second-order valence-corrected chi connectivity index (χ2v) is 6.27. The molecule has 3 rings (SSSR count). The van der Waals surface area contributed by atoms with Gasteiger partial charge < -0.3 is 9.64 Å². The third-order valence-electron chi connectivity index (χ3n) is 4.27. The Labute approximate surface area is 149 Å². The van der Waals surface area contributed by atoms with Crippen LogP contribution in [0.2, 0.25) is 0 Å². The molecule has 1 saturated heterocycles. The number of halogens is 1. The summed E-state index contributed by atoms with van der Waals surface area (Å²) in [5, 5.41) is 2.35. The van der Waals surface area contributed by atoms with Crippen LogP contribution in [0.15, 0.2) is 46.0 Å². The Morgan fingerprint density at radius 3 is 2.69 bits per heavy atom. The van der Waals surface area contributed by atoms with Gasteiger partial charge in [-0.05, 0) is 30.5 Å². The van der Waals surface area contributed by atoms with Gasteiger partial charge in [-0.25, -0.2) is 9.07 Å². The lowest BCUT2D eigenvalue weighted by molar-refractivity contribution is -0.134. The first-order valence-corrected chi connectivity index (χ1v) is 8.45. The maximum Gasteiger partial charge on any atom is 0.265 e. The van der Waals surface area contributed by atoms with Crippen LogP contribution >= 0.6 is 0 Å². The lowest BCUT2D eigenvalue weighted by Gasteiger charge is -2.26. The van der Waals surface area contributed by atoms with Crippen LogP contribution in [0.25, 0.3) is 0 Å². The van der Waals surface area contributed by atoms with E-state index in [1.165, 1.54) is 12.1 Å². The van der Waals surface area contributed by atoms with Crippen LogP contribution in [0.1, 0.15) is 18.4 Å². The van der Waals surface area contributed by atoms with Crippen LogP contribution in [0, 0.1) is 5.82 Å². The van der Waals surface area contributed by atoms with Crippen LogP contribution in [0.5, 0.6) is 0 Å². The normalized spacial score (nSPS) is 16.6. The summed E-state index contributed by atoms with van der Waals surface area (Å²) < 4.78 is 19.7. The summed E-state index contributed by atoms with van der Waals surface area (Å²) in [6, 6.07) is 8.14. The second kappa shape index (κ2) is 8.09. The minimum atomic E-state index is -0.461. The van der Waals surface area contributed by atoms with Gasteiger partial charge in [0.15, 0.2) is 0 Å². The predicted molar refractivity (Wildman–Crippen MR) is 92.1 cm³/mol. The fourth-order valence-electron chi connectivity index (χ4n) is 2.91. The third kappa shape index (κ3) is 4.66. The summed E-state index contributed by atoms with van der Waals surface area (Å²) >= 11 is 0. The molecule has 8 heteroatoms. The molecule has 0 radical (unpaired) electrons. The van der Waals surface area contributed by atoms with Crippen LogP contribution in [-0.2, 0) is 22.6 Å². The highest BCUT2D eigenvalue weighted by Crippen LogP contribution is 2.16. The van der Waals surface area contributed by atoms with Crippen LogP contribution in [0.4, 0.5) is 4.39 Å². The molecule has 1 amide bonds. The highest BCUT2D eigenvalue weighted by molar-refractivity contribution is 5.76. The van der Waals surface area contributed by atoms with Crippen molar-refractivity contribution in [1.82, 2.24) is 14.7 Å². The molecule has 2 heterocycles. The minimum absolute atomic E-state index is 0.0639. The number of aromatic nitrogens is 2. The molecule has 0 bridgehead atoms. The van der Waals surface area contributed by atoms with E-state index < -0.39 is 11.1 Å². The quantitative estimate of drug-likeness (QED) is 0.828. The maximum atomic E-state index is 13.1. The van der Waals surface area contributed by atoms with Gasteiger partial charge in [-0.1, -0.05) is 12.1 Å². The van der Waals surface area contributed by atoms with Gasteiger partial charge in [0.25, 0.3) is 11.1 Å². The first kappa shape index (κ1) is 18.1. The monoisotopic (exact) mass is 361 g/mol. The highest BCUT2D eigenvalue weighted by atomic mass is 19.1. The SMILES string of the molecule is O=C(Cn1[nH]c(=O)ccc1=O)N(Cc1ccc(F)cc1)CC1CCCO1. The standard InChI is InChI=1S/C18H20FN3O4/c19-14-5-3-13(4-6-14)10-21(11-15-2-1-9-26-15)18(25)12-22-17(24)8-7-16(23)20-22/h3-8,15H,1-2,9-12H2,(H,20,23). The molecule has 7 nitrogen and oxygen atoms in total. The number of nitrogens with one attached hydrogen (secondary N) is 1. The molecule has 0 spiro atoms.